The second kappa shape index (κ2) is 9.72. The minimum atomic E-state index is -0.0903. The summed E-state index contributed by atoms with van der Waals surface area (Å²) >= 11 is 9.45. The molecule has 31 heavy (non-hydrogen) atoms. The highest BCUT2D eigenvalue weighted by molar-refractivity contribution is 7.98. The smallest absolute Gasteiger partial charge is 0.260 e. The van der Waals surface area contributed by atoms with Crippen LogP contribution in [0.1, 0.15) is 16.8 Å². The maximum atomic E-state index is 13.5. The van der Waals surface area contributed by atoms with Gasteiger partial charge in [-0.15, -0.1) is 11.8 Å². The molecule has 0 aliphatic rings. The number of aryl methyl sites for hydroxylation is 1. The standard InChI is InChI=1S/C22H21ClN4O2S2/c1-29-18-9-8-17(23)20-19(18)25-22(31-20)27(12-3-11-26-13-10-24-14-26)21(28)15-4-6-16(30-2)7-5-15/h4-10,13-14H,3,11-12H2,1-2H3. The van der Waals surface area contributed by atoms with Crippen LogP contribution in [0.25, 0.3) is 10.2 Å². The van der Waals surface area contributed by atoms with Gasteiger partial charge in [0.25, 0.3) is 5.91 Å². The third kappa shape index (κ3) is 4.71. The molecule has 0 atom stereocenters. The van der Waals surface area contributed by atoms with E-state index in [0.29, 0.717) is 33.5 Å². The van der Waals surface area contributed by atoms with Gasteiger partial charge in [-0.1, -0.05) is 22.9 Å². The van der Waals surface area contributed by atoms with Gasteiger partial charge >= 0.3 is 0 Å². The first kappa shape index (κ1) is 21.7. The summed E-state index contributed by atoms with van der Waals surface area (Å²) in [7, 11) is 1.60. The highest BCUT2D eigenvalue weighted by Gasteiger charge is 2.23. The minimum absolute atomic E-state index is 0.0903. The molecule has 0 bridgehead atoms. The van der Waals surface area contributed by atoms with E-state index in [1.807, 2.05) is 41.3 Å². The molecule has 0 aliphatic carbocycles. The van der Waals surface area contributed by atoms with Crippen molar-refractivity contribution in [2.75, 3.05) is 24.8 Å². The highest BCUT2D eigenvalue weighted by atomic mass is 35.5. The highest BCUT2D eigenvalue weighted by Crippen LogP contribution is 2.39. The molecular weight excluding hydrogens is 452 g/mol. The summed E-state index contributed by atoms with van der Waals surface area (Å²) in [5, 5.41) is 1.20. The lowest BCUT2D eigenvalue weighted by atomic mass is 10.2. The molecule has 6 nitrogen and oxygen atoms in total. The number of nitrogens with zero attached hydrogens (tertiary/aromatic N) is 4. The molecule has 4 rings (SSSR count). The predicted octanol–water partition coefficient (Wildman–Crippen LogP) is 5.61. The van der Waals surface area contributed by atoms with E-state index >= 15 is 0 Å². The van der Waals surface area contributed by atoms with Crippen LogP contribution in [0.3, 0.4) is 0 Å². The second-order valence-electron chi connectivity index (χ2n) is 6.76. The maximum Gasteiger partial charge on any atom is 0.260 e. The zero-order chi connectivity index (χ0) is 21.8. The number of amides is 1. The SMILES string of the molecule is COc1ccc(Cl)c2sc(N(CCCn3ccnc3)C(=O)c3ccc(SC)cc3)nc12. The lowest BCUT2D eigenvalue weighted by Gasteiger charge is -2.20. The second-order valence-corrected chi connectivity index (χ2v) is 9.03. The number of fused-ring (bicyclic) bond motifs is 1. The average Bonchev–Trinajstić information content (AvgIpc) is 3.47. The van der Waals surface area contributed by atoms with Crippen molar-refractivity contribution in [3.8, 4) is 5.75 Å². The molecular formula is C22H21ClN4O2S2. The Kier molecular flexibility index (Phi) is 6.80. The van der Waals surface area contributed by atoms with Crippen molar-refractivity contribution in [2.45, 2.75) is 17.9 Å². The number of aromatic nitrogens is 3. The van der Waals surface area contributed by atoms with Gasteiger partial charge in [-0.2, -0.15) is 0 Å². The fraction of sp³-hybridized carbons (Fsp3) is 0.227. The summed E-state index contributed by atoms with van der Waals surface area (Å²) < 4.78 is 8.25. The number of rotatable bonds is 8. The van der Waals surface area contributed by atoms with Crippen molar-refractivity contribution in [2.24, 2.45) is 0 Å². The average molecular weight is 473 g/mol. The van der Waals surface area contributed by atoms with Gasteiger partial charge in [0, 0.05) is 35.9 Å². The van der Waals surface area contributed by atoms with Gasteiger partial charge in [0.15, 0.2) is 5.13 Å². The number of methoxy groups -OCH3 is 1. The van der Waals surface area contributed by atoms with Crippen LogP contribution < -0.4 is 9.64 Å². The Balaban J connectivity index is 1.67. The van der Waals surface area contributed by atoms with E-state index < -0.39 is 0 Å². The molecule has 2 aromatic heterocycles. The first-order chi connectivity index (χ1) is 15.1. The molecule has 1 amide bonds. The van der Waals surface area contributed by atoms with Crippen LogP contribution in [0.2, 0.25) is 5.02 Å². The Morgan fingerprint density at radius 3 is 2.74 bits per heavy atom. The van der Waals surface area contributed by atoms with Crippen molar-refractivity contribution in [1.29, 1.82) is 0 Å². The molecule has 0 saturated heterocycles. The van der Waals surface area contributed by atoms with Crippen molar-refractivity contribution in [3.63, 3.8) is 0 Å². The fourth-order valence-electron chi connectivity index (χ4n) is 3.23. The molecule has 0 aliphatic heterocycles. The van der Waals surface area contributed by atoms with E-state index in [2.05, 4.69) is 4.98 Å². The summed E-state index contributed by atoms with van der Waals surface area (Å²) in [6.07, 6.45) is 8.20. The van der Waals surface area contributed by atoms with E-state index in [4.69, 9.17) is 21.3 Å². The summed E-state index contributed by atoms with van der Waals surface area (Å²) in [6.45, 7) is 1.27. The van der Waals surface area contributed by atoms with Gasteiger partial charge in [0.2, 0.25) is 0 Å². The number of benzene rings is 2. The third-order valence-corrected chi connectivity index (χ3v) is 7.12. The molecule has 2 heterocycles. The third-order valence-electron chi connectivity index (χ3n) is 4.84. The van der Waals surface area contributed by atoms with Crippen LogP contribution in [0.5, 0.6) is 5.75 Å². The molecule has 4 aromatic rings. The monoisotopic (exact) mass is 472 g/mol. The number of thiazole rings is 1. The van der Waals surface area contributed by atoms with Gasteiger partial charge in [-0.25, -0.2) is 9.97 Å². The fourth-order valence-corrected chi connectivity index (χ4v) is 4.91. The van der Waals surface area contributed by atoms with Crippen LogP contribution in [0, 0.1) is 0 Å². The zero-order valence-electron chi connectivity index (χ0n) is 17.1. The molecule has 9 heteroatoms. The number of thioether (sulfide) groups is 1. The maximum absolute atomic E-state index is 13.5. The topological polar surface area (TPSA) is 60.2 Å². The van der Waals surface area contributed by atoms with Crippen molar-refractivity contribution in [3.05, 3.63) is 65.7 Å². The lowest BCUT2D eigenvalue weighted by molar-refractivity contribution is 0.0986. The Morgan fingerprint density at radius 1 is 1.26 bits per heavy atom. The largest absolute Gasteiger partial charge is 0.494 e. The van der Waals surface area contributed by atoms with Crippen molar-refractivity contribution < 1.29 is 9.53 Å². The number of carbonyl (C=O) groups is 1. The van der Waals surface area contributed by atoms with E-state index in [-0.39, 0.29) is 5.91 Å². The molecule has 160 valence electrons. The van der Waals surface area contributed by atoms with Gasteiger partial charge in [-0.3, -0.25) is 9.69 Å². The molecule has 0 spiro atoms. The summed E-state index contributed by atoms with van der Waals surface area (Å²) in [5.74, 6) is 0.546. The number of hydrogen-bond donors (Lipinski definition) is 0. The summed E-state index contributed by atoms with van der Waals surface area (Å²) in [4.78, 5) is 25.1. The molecule has 2 aromatic carbocycles. The van der Waals surface area contributed by atoms with E-state index in [1.54, 1.807) is 48.4 Å². The number of imidazole rings is 1. The normalized spacial score (nSPS) is 11.1. The molecule has 0 unspecified atom stereocenters. The van der Waals surface area contributed by atoms with Gasteiger partial charge in [0.1, 0.15) is 11.3 Å². The summed E-state index contributed by atoms with van der Waals surface area (Å²) in [5.41, 5.74) is 1.29. The number of anilines is 1. The van der Waals surface area contributed by atoms with Crippen LogP contribution in [-0.4, -0.2) is 40.4 Å². The summed E-state index contributed by atoms with van der Waals surface area (Å²) in [6, 6.07) is 11.2. The van der Waals surface area contributed by atoms with Crippen LogP contribution in [0.15, 0.2) is 60.0 Å². The zero-order valence-corrected chi connectivity index (χ0v) is 19.5. The first-order valence-electron chi connectivity index (χ1n) is 9.65. The number of halogens is 1. The van der Waals surface area contributed by atoms with E-state index in [1.165, 1.54) is 11.3 Å². The van der Waals surface area contributed by atoms with Crippen LogP contribution in [-0.2, 0) is 6.54 Å². The van der Waals surface area contributed by atoms with Crippen LogP contribution >= 0.6 is 34.7 Å². The Morgan fingerprint density at radius 2 is 2.06 bits per heavy atom. The van der Waals surface area contributed by atoms with Crippen molar-refractivity contribution >= 4 is 56.0 Å². The molecule has 0 fully saturated rings. The van der Waals surface area contributed by atoms with E-state index in [9.17, 15) is 4.79 Å². The van der Waals surface area contributed by atoms with Gasteiger partial charge in [-0.05, 0) is 49.1 Å². The number of ether oxygens (including phenoxy) is 1. The van der Waals surface area contributed by atoms with Gasteiger partial charge in [0.05, 0.1) is 23.2 Å². The Bertz CT molecular complexity index is 1180. The van der Waals surface area contributed by atoms with Crippen molar-refractivity contribution in [1.82, 2.24) is 14.5 Å². The Hall–Kier alpha value is -2.55. The van der Waals surface area contributed by atoms with Crippen LogP contribution in [0.4, 0.5) is 5.13 Å². The lowest BCUT2D eigenvalue weighted by Crippen LogP contribution is -2.32. The molecule has 0 N–H and O–H groups in total. The number of hydrogen-bond acceptors (Lipinski definition) is 6. The quantitative estimate of drug-likeness (QED) is 0.312. The first-order valence-corrected chi connectivity index (χ1v) is 12.1. The van der Waals surface area contributed by atoms with Gasteiger partial charge < -0.3 is 9.30 Å². The molecule has 0 saturated carbocycles. The molecule has 0 radical (unpaired) electrons. The predicted molar refractivity (Wildman–Crippen MR) is 128 cm³/mol. The number of carbonyl (C=O) groups excluding carboxylic acids is 1. The van der Waals surface area contributed by atoms with E-state index in [0.717, 1.165) is 22.6 Å². The minimum Gasteiger partial charge on any atom is -0.494 e. The Labute approximate surface area is 193 Å².